The van der Waals surface area contributed by atoms with E-state index in [2.05, 4.69) is 12.1 Å². The normalized spacial score (nSPS) is 11.4. The first-order valence-corrected chi connectivity index (χ1v) is 7.06. The van der Waals surface area contributed by atoms with Crippen molar-refractivity contribution in [1.29, 1.82) is 0 Å². The maximum Gasteiger partial charge on any atom is 0.171 e. The first-order valence-electron chi connectivity index (χ1n) is 6.68. The molecule has 0 aromatic heterocycles. The molecule has 0 atom stereocenters. The summed E-state index contributed by atoms with van der Waals surface area (Å²) in [5.41, 5.74) is 7.26. The van der Waals surface area contributed by atoms with E-state index < -0.39 is 0 Å². The zero-order valence-electron chi connectivity index (χ0n) is 11.7. The van der Waals surface area contributed by atoms with Crippen molar-refractivity contribution in [3.05, 3.63) is 58.6 Å². The lowest BCUT2D eigenvalue weighted by Gasteiger charge is -2.09. The minimum absolute atomic E-state index is 0.0320. The highest BCUT2D eigenvalue weighted by Gasteiger charge is 2.07. The van der Waals surface area contributed by atoms with Gasteiger partial charge in [0, 0.05) is 11.6 Å². The standard InChI is InChI=1S/C16H17ClN2O2/c1-2-3-11-4-6-12(7-5-11)21-13-8-9-14(15(17)10-13)16(18)19-20/h4-10,20H,2-3H2,1H3,(H2,18,19). The number of aryl methyl sites for hydroxylation is 1. The molecule has 0 radical (unpaired) electrons. The monoisotopic (exact) mass is 304 g/mol. The Balaban J connectivity index is 2.14. The molecule has 2 aromatic carbocycles. The molecule has 110 valence electrons. The number of ether oxygens (including phenoxy) is 1. The number of nitrogens with two attached hydrogens (primary N) is 1. The highest BCUT2D eigenvalue weighted by molar-refractivity contribution is 6.34. The molecule has 21 heavy (non-hydrogen) atoms. The molecule has 2 aromatic rings. The third-order valence-electron chi connectivity index (χ3n) is 3.02. The first-order chi connectivity index (χ1) is 10.1. The van der Waals surface area contributed by atoms with Crippen LogP contribution in [0, 0.1) is 0 Å². The van der Waals surface area contributed by atoms with Crippen molar-refractivity contribution in [3.8, 4) is 11.5 Å². The van der Waals surface area contributed by atoms with Gasteiger partial charge in [0.15, 0.2) is 5.84 Å². The van der Waals surface area contributed by atoms with Crippen LogP contribution in [0.3, 0.4) is 0 Å². The fourth-order valence-electron chi connectivity index (χ4n) is 1.97. The molecule has 0 fully saturated rings. The van der Waals surface area contributed by atoms with E-state index in [1.54, 1.807) is 18.2 Å². The first kappa shape index (κ1) is 15.2. The Morgan fingerprint density at radius 1 is 1.19 bits per heavy atom. The van der Waals surface area contributed by atoms with Crippen LogP contribution in [-0.4, -0.2) is 11.0 Å². The van der Waals surface area contributed by atoms with Crippen molar-refractivity contribution in [3.63, 3.8) is 0 Å². The second-order valence-electron chi connectivity index (χ2n) is 4.62. The molecule has 0 aliphatic heterocycles. The number of hydrogen-bond acceptors (Lipinski definition) is 3. The third kappa shape index (κ3) is 3.89. The number of nitrogens with zero attached hydrogens (tertiary/aromatic N) is 1. The fraction of sp³-hybridized carbons (Fsp3) is 0.188. The van der Waals surface area contributed by atoms with E-state index in [0.717, 1.165) is 18.6 Å². The minimum Gasteiger partial charge on any atom is -0.457 e. The van der Waals surface area contributed by atoms with Crippen LogP contribution < -0.4 is 10.5 Å². The maximum absolute atomic E-state index is 8.66. The lowest BCUT2D eigenvalue weighted by Crippen LogP contribution is -2.13. The Labute approximate surface area is 128 Å². The Morgan fingerprint density at radius 2 is 1.86 bits per heavy atom. The number of benzene rings is 2. The van der Waals surface area contributed by atoms with Gasteiger partial charge in [0.2, 0.25) is 0 Å². The molecule has 0 heterocycles. The number of oxime groups is 1. The quantitative estimate of drug-likeness (QED) is 0.377. The second-order valence-corrected chi connectivity index (χ2v) is 5.03. The predicted octanol–water partition coefficient (Wildman–Crippen LogP) is 4.18. The molecular weight excluding hydrogens is 288 g/mol. The smallest absolute Gasteiger partial charge is 0.171 e. The molecule has 0 aliphatic rings. The molecule has 2 rings (SSSR count). The zero-order valence-corrected chi connectivity index (χ0v) is 12.5. The van der Waals surface area contributed by atoms with Crippen molar-refractivity contribution in [1.82, 2.24) is 0 Å². The SMILES string of the molecule is CCCc1ccc(Oc2ccc(C(N)=NO)c(Cl)c2)cc1. The molecule has 3 N–H and O–H groups in total. The Hall–Kier alpha value is -2.20. The summed E-state index contributed by atoms with van der Waals surface area (Å²) in [6.45, 7) is 2.15. The van der Waals surface area contributed by atoms with Crippen molar-refractivity contribution in [2.24, 2.45) is 10.9 Å². The number of amidine groups is 1. The third-order valence-corrected chi connectivity index (χ3v) is 3.33. The predicted molar refractivity (Wildman–Crippen MR) is 84.5 cm³/mol. The highest BCUT2D eigenvalue weighted by Crippen LogP contribution is 2.27. The van der Waals surface area contributed by atoms with E-state index in [0.29, 0.717) is 16.3 Å². The van der Waals surface area contributed by atoms with Crippen molar-refractivity contribution < 1.29 is 9.94 Å². The highest BCUT2D eigenvalue weighted by atomic mass is 35.5. The summed E-state index contributed by atoms with van der Waals surface area (Å²) in [7, 11) is 0. The summed E-state index contributed by atoms with van der Waals surface area (Å²) in [5, 5.41) is 12.0. The van der Waals surface area contributed by atoms with Gasteiger partial charge in [-0.3, -0.25) is 0 Å². The summed E-state index contributed by atoms with van der Waals surface area (Å²) in [6.07, 6.45) is 2.17. The molecule has 0 saturated carbocycles. The van der Waals surface area contributed by atoms with Gasteiger partial charge < -0.3 is 15.7 Å². The van der Waals surface area contributed by atoms with Crippen LogP contribution in [-0.2, 0) is 6.42 Å². The van der Waals surface area contributed by atoms with E-state index in [1.165, 1.54) is 5.56 Å². The van der Waals surface area contributed by atoms with Gasteiger partial charge in [-0.1, -0.05) is 42.2 Å². The Kier molecular flexibility index (Phi) is 5.06. The Bertz CT molecular complexity index is 639. The topological polar surface area (TPSA) is 67.8 Å². The fourth-order valence-corrected chi connectivity index (χ4v) is 2.24. The van der Waals surface area contributed by atoms with Gasteiger partial charge >= 0.3 is 0 Å². The van der Waals surface area contributed by atoms with Crippen molar-refractivity contribution in [2.75, 3.05) is 0 Å². The van der Waals surface area contributed by atoms with E-state index in [9.17, 15) is 0 Å². The van der Waals surface area contributed by atoms with Gasteiger partial charge in [-0.05, 0) is 36.2 Å². The van der Waals surface area contributed by atoms with Crippen LogP contribution in [0.4, 0.5) is 0 Å². The van der Waals surface area contributed by atoms with Crippen LogP contribution in [0.15, 0.2) is 47.6 Å². The van der Waals surface area contributed by atoms with Gasteiger partial charge in [0.05, 0.1) is 5.02 Å². The van der Waals surface area contributed by atoms with Gasteiger partial charge in [-0.15, -0.1) is 0 Å². The van der Waals surface area contributed by atoms with Crippen molar-refractivity contribution >= 4 is 17.4 Å². The maximum atomic E-state index is 8.66. The van der Waals surface area contributed by atoms with Crippen LogP contribution in [0.1, 0.15) is 24.5 Å². The largest absolute Gasteiger partial charge is 0.457 e. The van der Waals surface area contributed by atoms with Crippen molar-refractivity contribution in [2.45, 2.75) is 19.8 Å². The number of rotatable bonds is 5. The number of hydrogen-bond donors (Lipinski definition) is 2. The zero-order chi connectivity index (χ0) is 15.2. The molecule has 0 bridgehead atoms. The average molecular weight is 305 g/mol. The average Bonchev–Trinajstić information content (AvgIpc) is 2.49. The summed E-state index contributed by atoms with van der Waals surface area (Å²) in [6, 6.07) is 13.0. The summed E-state index contributed by atoms with van der Waals surface area (Å²) >= 11 is 6.08. The molecule has 0 amide bonds. The van der Waals surface area contributed by atoms with E-state index in [4.69, 9.17) is 27.3 Å². The van der Waals surface area contributed by atoms with Gasteiger partial charge in [0.25, 0.3) is 0 Å². The summed E-state index contributed by atoms with van der Waals surface area (Å²) in [5.74, 6) is 1.30. The second kappa shape index (κ2) is 6.99. The van der Waals surface area contributed by atoms with Crippen LogP contribution in [0.5, 0.6) is 11.5 Å². The Morgan fingerprint density at radius 3 is 2.43 bits per heavy atom. The molecule has 0 aliphatic carbocycles. The molecule has 0 spiro atoms. The van der Waals surface area contributed by atoms with Gasteiger partial charge in [-0.25, -0.2) is 0 Å². The van der Waals surface area contributed by atoms with Crippen LogP contribution >= 0.6 is 11.6 Å². The number of halogens is 1. The molecular formula is C16H17ClN2O2. The molecule has 0 unspecified atom stereocenters. The molecule has 0 saturated heterocycles. The molecule has 4 nitrogen and oxygen atoms in total. The summed E-state index contributed by atoms with van der Waals surface area (Å²) < 4.78 is 5.73. The van der Waals surface area contributed by atoms with E-state index >= 15 is 0 Å². The summed E-state index contributed by atoms with van der Waals surface area (Å²) in [4.78, 5) is 0. The lowest BCUT2D eigenvalue weighted by atomic mass is 10.1. The van der Waals surface area contributed by atoms with Crippen LogP contribution in [0.2, 0.25) is 5.02 Å². The van der Waals surface area contributed by atoms with Gasteiger partial charge in [0.1, 0.15) is 11.5 Å². The van der Waals surface area contributed by atoms with E-state index in [1.807, 2.05) is 24.3 Å². The minimum atomic E-state index is -0.0320. The van der Waals surface area contributed by atoms with E-state index in [-0.39, 0.29) is 5.84 Å². The lowest BCUT2D eigenvalue weighted by molar-refractivity contribution is 0.318. The van der Waals surface area contributed by atoms with Crippen LogP contribution in [0.25, 0.3) is 0 Å². The van der Waals surface area contributed by atoms with Gasteiger partial charge in [-0.2, -0.15) is 0 Å². The molecule has 5 heteroatoms.